The van der Waals surface area contributed by atoms with Gasteiger partial charge in [0.1, 0.15) is 5.71 Å². The van der Waals surface area contributed by atoms with Crippen molar-refractivity contribution in [2.75, 3.05) is 5.32 Å². The number of fused-ring (bicyclic) bond motifs is 1. The van der Waals surface area contributed by atoms with Crippen molar-refractivity contribution in [2.45, 2.75) is 6.42 Å². The SMILES string of the molecule is O=C(N/N=C1/Cc2ccccc2C1=O)Nc1ccccc1. The molecule has 0 radical (unpaired) electrons. The molecule has 5 heteroatoms. The van der Waals surface area contributed by atoms with E-state index in [0.717, 1.165) is 5.56 Å². The Hall–Kier alpha value is -2.95. The molecular formula is C16H13N3O2. The summed E-state index contributed by atoms with van der Waals surface area (Å²) in [5.74, 6) is -0.134. The van der Waals surface area contributed by atoms with E-state index in [0.29, 0.717) is 23.4 Å². The second kappa shape index (κ2) is 5.58. The highest BCUT2D eigenvalue weighted by molar-refractivity contribution is 6.49. The summed E-state index contributed by atoms with van der Waals surface area (Å²) in [4.78, 5) is 23.8. The van der Waals surface area contributed by atoms with Crippen LogP contribution in [0.25, 0.3) is 0 Å². The first kappa shape index (κ1) is 13.1. The second-order valence-corrected chi connectivity index (χ2v) is 4.65. The van der Waals surface area contributed by atoms with Gasteiger partial charge in [0.05, 0.1) is 0 Å². The molecule has 0 bridgehead atoms. The predicted octanol–water partition coefficient (Wildman–Crippen LogP) is 2.60. The zero-order valence-electron chi connectivity index (χ0n) is 11.2. The molecule has 2 aromatic carbocycles. The van der Waals surface area contributed by atoms with Gasteiger partial charge in [-0.1, -0.05) is 42.5 Å². The van der Waals surface area contributed by atoms with E-state index in [1.54, 1.807) is 18.2 Å². The molecule has 0 heterocycles. The van der Waals surface area contributed by atoms with E-state index in [1.165, 1.54) is 0 Å². The maximum absolute atomic E-state index is 12.1. The van der Waals surface area contributed by atoms with E-state index < -0.39 is 6.03 Å². The van der Waals surface area contributed by atoms with Crippen LogP contribution in [-0.2, 0) is 6.42 Å². The average Bonchev–Trinajstić information content (AvgIpc) is 2.83. The lowest BCUT2D eigenvalue weighted by molar-refractivity contribution is 0.106. The summed E-state index contributed by atoms with van der Waals surface area (Å²) in [6.07, 6.45) is 0.445. The maximum atomic E-state index is 12.1. The first-order valence-electron chi connectivity index (χ1n) is 6.55. The molecule has 3 rings (SSSR count). The van der Waals surface area contributed by atoms with Gasteiger partial charge in [-0.25, -0.2) is 10.2 Å². The lowest BCUT2D eigenvalue weighted by Crippen LogP contribution is -2.26. The number of anilines is 1. The number of carbonyl (C=O) groups excluding carboxylic acids is 2. The number of amides is 2. The highest BCUT2D eigenvalue weighted by atomic mass is 16.2. The topological polar surface area (TPSA) is 70.6 Å². The van der Waals surface area contributed by atoms with Crippen LogP contribution >= 0.6 is 0 Å². The lowest BCUT2D eigenvalue weighted by Gasteiger charge is -2.03. The summed E-state index contributed by atoms with van der Waals surface area (Å²) >= 11 is 0. The summed E-state index contributed by atoms with van der Waals surface area (Å²) in [5.41, 5.74) is 4.96. The van der Waals surface area contributed by atoms with Crippen molar-refractivity contribution < 1.29 is 9.59 Å². The van der Waals surface area contributed by atoms with E-state index in [-0.39, 0.29) is 5.78 Å². The Labute approximate surface area is 121 Å². The van der Waals surface area contributed by atoms with Gasteiger partial charge in [0.2, 0.25) is 5.78 Å². The minimum Gasteiger partial charge on any atom is -0.307 e. The molecule has 0 spiro atoms. The van der Waals surface area contributed by atoms with Gasteiger partial charge in [0, 0.05) is 17.7 Å². The van der Waals surface area contributed by atoms with Crippen molar-refractivity contribution in [1.29, 1.82) is 0 Å². The van der Waals surface area contributed by atoms with Crippen LogP contribution in [0, 0.1) is 0 Å². The highest BCUT2D eigenvalue weighted by Crippen LogP contribution is 2.19. The van der Waals surface area contributed by atoms with Crippen molar-refractivity contribution in [3.63, 3.8) is 0 Å². The zero-order chi connectivity index (χ0) is 14.7. The van der Waals surface area contributed by atoms with Crippen LogP contribution in [0.15, 0.2) is 59.7 Å². The Bertz CT molecular complexity index is 723. The summed E-state index contributed by atoms with van der Waals surface area (Å²) in [5, 5.41) is 6.55. The Morgan fingerprint density at radius 2 is 1.71 bits per heavy atom. The minimum absolute atomic E-state index is 0.134. The molecule has 5 nitrogen and oxygen atoms in total. The Balaban J connectivity index is 1.65. The fourth-order valence-electron chi connectivity index (χ4n) is 2.20. The number of hydrogen-bond donors (Lipinski definition) is 2. The average molecular weight is 279 g/mol. The molecule has 1 aliphatic rings. The molecule has 2 amide bonds. The molecule has 0 atom stereocenters. The van der Waals surface area contributed by atoms with E-state index in [2.05, 4.69) is 15.8 Å². The van der Waals surface area contributed by atoms with Gasteiger partial charge in [0.15, 0.2) is 0 Å². The highest BCUT2D eigenvalue weighted by Gasteiger charge is 2.25. The van der Waals surface area contributed by atoms with Crippen LogP contribution in [0.1, 0.15) is 15.9 Å². The van der Waals surface area contributed by atoms with E-state index in [9.17, 15) is 9.59 Å². The summed E-state index contributed by atoms with van der Waals surface area (Å²) in [7, 11) is 0. The largest absolute Gasteiger partial charge is 0.339 e. The molecule has 0 aliphatic heterocycles. The van der Waals surface area contributed by atoms with E-state index >= 15 is 0 Å². The molecule has 0 aromatic heterocycles. The number of hydrogen-bond acceptors (Lipinski definition) is 3. The molecule has 21 heavy (non-hydrogen) atoms. The first-order chi connectivity index (χ1) is 10.2. The van der Waals surface area contributed by atoms with Crippen LogP contribution in [0.3, 0.4) is 0 Å². The zero-order valence-corrected chi connectivity index (χ0v) is 11.2. The number of rotatable bonds is 2. The van der Waals surface area contributed by atoms with E-state index in [1.807, 2.05) is 36.4 Å². The molecule has 1 aliphatic carbocycles. The molecule has 0 unspecified atom stereocenters. The van der Waals surface area contributed by atoms with Crippen molar-refractivity contribution in [2.24, 2.45) is 5.10 Å². The number of ketones is 1. The fraction of sp³-hybridized carbons (Fsp3) is 0.0625. The van der Waals surface area contributed by atoms with E-state index in [4.69, 9.17) is 0 Å². The second-order valence-electron chi connectivity index (χ2n) is 4.65. The number of Topliss-reactive ketones (excluding diaryl/α,β-unsaturated/α-hetero) is 1. The molecule has 104 valence electrons. The molecule has 2 N–H and O–H groups in total. The standard InChI is InChI=1S/C16H13N3O2/c20-15-13-9-5-4-6-11(13)10-14(15)18-19-16(21)17-12-7-2-1-3-8-12/h1-9H,10H2,(H2,17,19,21)/b18-14-. The number of benzene rings is 2. The van der Waals surface area contributed by atoms with Crippen LogP contribution in [0.5, 0.6) is 0 Å². The van der Waals surface area contributed by atoms with Gasteiger partial charge in [-0.2, -0.15) is 5.10 Å². The normalized spacial score (nSPS) is 14.9. The molecule has 2 aromatic rings. The third-order valence-corrected chi connectivity index (χ3v) is 3.21. The van der Waals surface area contributed by atoms with Crippen LogP contribution in [0.2, 0.25) is 0 Å². The van der Waals surface area contributed by atoms with Crippen molar-refractivity contribution >= 4 is 23.2 Å². The van der Waals surface area contributed by atoms with Crippen molar-refractivity contribution in [3.8, 4) is 0 Å². The van der Waals surface area contributed by atoms with Gasteiger partial charge in [-0.3, -0.25) is 4.79 Å². The van der Waals surface area contributed by atoms with Gasteiger partial charge < -0.3 is 5.32 Å². The first-order valence-corrected chi connectivity index (χ1v) is 6.55. The number of hydrazone groups is 1. The Morgan fingerprint density at radius 1 is 1.00 bits per heavy atom. The number of nitrogens with one attached hydrogen (secondary N) is 2. The molecule has 0 saturated carbocycles. The molecular weight excluding hydrogens is 266 g/mol. The lowest BCUT2D eigenvalue weighted by atomic mass is 10.1. The number of para-hydroxylation sites is 1. The number of urea groups is 1. The van der Waals surface area contributed by atoms with Gasteiger partial charge >= 0.3 is 6.03 Å². The third kappa shape index (κ3) is 2.81. The minimum atomic E-state index is -0.475. The smallest absolute Gasteiger partial charge is 0.307 e. The van der Waals surface area contributed by atoms with Crippen LogP contribution < -0.4 is 10.7 Å². The summed E-state index contributed by atoms with van der Waals surface area (Å²) in [6.45, 7) is 0. The molecule has 0 saturated heterocycles. The van der Waals surface area contributed by atoms with Gasteiger partial charge in [-0.05, 0) is 17.7 Å². The molecule has 0 fully saturated rings. The van der Waals surface area contributed by atoms with Crippen molar-refractivity contribution in [1.82, 2.24) is 5.43 Å². The van der Waals surface area contributed by atoms with Gasteiger partial charge in [0.25, 0.3) is 0 Å². The Morgan fingerprint density at radius 3 is 2.48 bits per heavy atom. The monoisotopic (exact) mass is 279 g/mol. The third-order valence-electron chi connectivity index (χ3n) is 3.21. The quantitative estimate of drug-likeness (QED) is 0.829. The maximum Gasteiger partial charge on any atom is 0.339 e. The number of carbonyl (C=O) groups is 2. The summed E-state index contributed by atoms with van der Waals surface area (Å²) in [6, 6.07) is 15.9. The number of nitrogens with zero attached hydrogens (tertiary/aromatic N) is 1. The fourth-order valence-corrected chi connectivity index (χ4v) is 2.20. The summed E-state index contributed by atoms with van der Waals surface area (Å²) < 4.78 is 0. The predicted molar refractivity (Wildman–Crippen MR) is 80.5 cm³/mol. The Kier molecular flexibility index (Phi) is 3.47. The van der Waals surface area contributed by atoms with Crippen molar-refractivity contribution in [3.05, 3.63) is 65.7 Å². The van der Waals surface area contributed by atoms with Crippen LogP contribution in [-0.4, -0.2) is 17.5 Å². The van der Waals surface area contributed by atoms with Gasteiger partial charge in [-0.15, -0.1) is 0 Å². The van der Waals surface area contributed by atoms with Crippen LogP contribution in [0.4, 0.5) is 10.5 Å².